The molecule has 0 radical (unpaired) electrons. The van der Waals surface area contributed by atoms with Crippen molar-refractivity contribution in [2.24, 2.45) is 0 Å². The van der Waals surface area contributed by atoms with Crippen molar-refractivity contribution in [2.45, 2.75) is 57.5 Å². The molecule has 0 aliphatic heterocycles. The molecule has 0 spiro atoms. The number of nitrogens with one attached hydrogen (secondary N) is 2. The molecule has 1 saturated carbocycles. The Bertz CT molecular complexity index is 272. The van der Waals surface area contributed by atoms with Gasteiger partial charge in [-0.05, 0) is 26.2 Å². The van der Waals surface area contributed by atoms with Gasteiger partial charge >= 0.3 is 12.0 Å². The summed E-state index contributed by atoms with van der Waals surface area (Å²) in [5.41, 5.74) is -0.166. The first kappa shape index (κ1) is 12.8. The van der Waals surface area contributed by atoms with Gasteiger partial charge in [-0.15, -0.1) is 0 Å². The van der Waals surface area contributed by atoms with E-state index in [1.807, 2.05) is 6.92 Å². The quantitative estimate of drug-likeness (QED) is 0.682. The molecule has 3 N–H and O–H groups in total. The molecule has 5 heteroatoms. The second-order valence-electron chi connectivity index (χ2n) is 4.67. The van der Waals surface area contributed by atoms with Gasteiger partial charge < -0.3 is 15.7 Å². The largest absolute Gasteiger partial charge is 0.480 e. The second-order valence-corrected chi connectivity index (χ2v) is 4.67. The fourth-order valence-electron chi connectivity index (χ4n) is 2.09. The first-order valence-electron chi connectivity index (χ1n) is 5.78. The number of urea groups is 1. The van der Waals surface area contributed by atoms with E-state index in [9.17, 15) is 9.59 Å². The van der Waals surface area contributed by atoms with Crippen molar-refractivity contribution in [3.63, 3.8) is 0 Å². The molecule has 0 saturated heterocycles. The van der Waals surface area contributed by atoms with E-state index >= 15 is 0 Å². The van der Waals surface area contributed by atoms with E-state index < -0.39 is 12.0 Å². The summed E-state index contributed by atoms with van der Waals surface area (Å²) < 4.78 is 0. The number of hydrogen-bond donors (Lipinski definition) is 3. The third-order valence-electron chi connectivity index (χ3n) is 3.13. The van der Waals surface area contributed by atoms with Crippen LogP contribution in [0.1, 0.15) is 46.0 Å². The molecule has 1 aliphatic rings. The first-order chi connectivity index (χ1) is 7.47. The maximum atomic E-state index is 11.6. The fraction of sp³-hybridized carbons (Fsp3) is 0.818. The van der Waals surface area contributed by atoms with Crippen LogP contribution < -0.4 is 10.6 Å². The number of carboxylic acid groups (broad SMARTS) is 1. The molecule has 1 fully saturated rings. The Morgan fingerprint density at radius 1 is 1.38 bits per heavy atom. The Hall–Kier alpha value is -1.26. The zero-order valence-corrected chi connectivity index (χ0v) is 9.88. The van der Waals surface area contributed by atoms with Gasteiger partial charge in [-0.3, -0.25) is 0 Å². The Morgan fingerprint density at radius 2 is 1.94 bits per heavy atom. The van der Waals surface area contributed by atoms with Crippen molar-refractivity contribution in [2.75, 3.05) is 0 Å². The SMILES string of the molecule is CC[C@H](NC(=O)NC1(C)CCCC1)C(=O)O. The van der Waals surface area contributed by atoms with E-state index in [0.717, 1.165) is 25.7 Å². The molecule has 1 rings (SSSR count). The van der Waals surface area contributed by atoms with E-state index in [0.29, 0.717) is 6.42 Å². The smallest absolute Gasteiger partial charge is 0.326 e. The maximum Gasteiger partial charge on any atom is 0.326 e. The minimum Gasteiger partial charge on any atom is -0.480 e. The van der Waals surface area contributed by atoms with Gasteiger partial charge in [0.1, 0.15) is 6.04 Å². The molecule has 0 bridgehead atoms. The van der Waals surface area contributed by atoms with Crippen molar-refractivity contribution in [1.29, 1.82) is 0 Å². The lowest BCUT2D eigenvalue weighted by atomic mass is 10.0. The second kappa shape index (κ2) is 5.18. The number of carboxylic acids is 1. The topological polar surface area (TPSA) is 78.4 Å². The Labute approximate surface area is 95.6 Å². The van der Waals surface area contributed by atoms with Crippen LogP contribution in [-0.4, -0.2) is 28.7 Å². The summed E-state index contributed by atoms with van der Waals surface area (Å²) in [7, 11) is 0. The summed E-state index contributed by atoms with van der Waals surface area (Å²) in [6, 6.07) is -1.18. The predicted octanol–water partition coefficient (Wildman–Crippen LogP) is 1.48. The Balaban J connectivity index is 2.43. The lowest BCUT2D eigenvalue weighted by Crippen LogP contribution is -2.52. The van der Waals surface area contributed by atoms with Crippen LogP contribution in [0.2, 0.25) is 0 Å². The highest BCUT2D eigenvalue weighted by molar-refractivity contribution is 5.82. The molecule has 0 heterocycles. The highest BCUT2D eigenvalue weighted by Gasteiger charge is 2.31. The van der Waals surface area contributed by atoms with Gasteiger partial charge in [-0.25, -0.2) is 9.59 Å². The average Bonchev–Trinajstić information content (AvgIpc) is 2.60. The molecule has 0 aromatic rings. The molecule has 0 unspecified atom stereocenters. The van der Waals surface area contributed by atoms with Crippen LogP contribution in [0.25, 0.3) is 0 Å². The van der Waals surface area contributed by atoms with E-state index in [1.165, 1.54) is 0 Å². The highest BCUT2D eigenvalue weighted by Crippen LogP contribution is 2.28. The Kier molecular flexibility index (Phi) is 4.15. The fourth-order valence-corrected chi connectivity index (χ4v) is 2.09. The lowest BCUT2D eigenvalue weighted by Gasteiger charge is -2.26. The van der Waals surface area contributed by atoms with Gasteiger partial charge in [0.2, 0.25) is 0 Å². The normalized spacial score (nSPS) is 20.1. The zero-order valence-electron chi connectivity index (χ0n) is 9.88. The lowest BCUT2D eigenvalue weighted by molar-refractivity contribution is -0.139. The van der Waals surface area contributed by atoms with Crippen LogP contribution in [-0.2, 0) is 4.79 Å². The summed E-state index contributed by atoms with van der Waals surface area (Å²) in [6.45, 7) is 3.73. The molecule has 2 amide bonds. The summed E-state index contributed by atoms with van der Waals surface area (Å²) in [4.78, 5) is 22.3. The minimum atomic E-state index is -0.991. The molecule has 0 aromatic carbocycles. The molecular weight excluding hydrogens is 208 g/mol. The molecule has 92 valence electrons. The van der Waals surface area contributed by atoms with Gasteiger partial charge in [-0.1, -0.05) is 19.8 Å². The maximum absolute atomic E-state index is 11.6. The van der Waals surface area contributed by atoms with Crippen LogP contribution >= 0.6 is 0 Å². The van der Waals surface area contributed by atoms with E-state index in [-0.39, 0.29) is 11.6 Å². The molecular formula is C11H20N2O3. The molecule has 0 aromatic heterocycles. The van der Waals surface area contributed by atoms with Crippen LogP contribution in [0, 0.1) is 0 Å². The molecule has 5 nitrogen and oxygen atoms in total. The number of amides is 2. The number of carbonyl (C=O) groups excluding carboxylic acids is 1. The summed E-state index contributed by atoms with van der Waals surface area (Å²) in [6.07, 6.45) is 4.55. The van der Waals surface area contributed by atoms with Gasteiger partial charge in [-0.2, -0.15) is 0 Å². The van der Waals surface area contributed by atoms with E-state index in [1.54, 1.807) is 6.92 Å². The van der Waals surface area contributed by atoms with Crippen molar-refractivity contribution < 1.29 is 14.7 Å². The van der Waals surface area contributed by atoms with Gasteiger partial charge in [0, 0.05) is 5.54 Å². The van der Waals surface area contributed by atoms with Crippen molar-refractivity contribution in [3.05, 3.63) is 0 Å². The summed E-state index contributed by atoms with van der Waals surface area (Å²) in [5.74, 6) is -0.991. The number of carbonyl (C=O) groups is 2. The molecule has 1 atom stereocenters. The van der Waals surface area contributed by atoms with Crippen molar-refractivity contribution in [1.82, 2.24) is 10.6 Å². The zero-order chi connectivity index (χ0) is 12.2. The van der Waals surface area contributed by atoms with Gasteiger partial charge in [0.15, 0.2) is 0 Å². The standard InChI is InChI=1S/C11H20N2O3/c1-3-8(9(14)15)12-10(16)13-11(2)6-4-5-7-11/h8H,3-7H2,1-2H3,(H,14,15)(H2,12,13,16)/t8-/m0/s1. The van der Waals surface area contributed by atoms with E-state index in [4.69, 9.17) is 5.11 Å². The van der Waals surface area contributed by atoms with Crippen molar-refractivity contribution >= 4 is 12.0 Å². The van der Waals surface area contributed by atoms with Crippen LogP contribution in [0.15, 0.2) is 0 Å². The third-order valence-corrected chi connectivity index (χ3v) is 3.13. The van der Waals surface area contributed by atoms with Crippen molar-refractivity contribution in [3.8, 4) is 0 Å². The Morgan fingerprint density at radius 3 is 2.38 bits per heavy atom. The third kappa shape index (κ3) is 3.40. The van der Waals surface area contributed by atoms with Crippen LogP contribution in [0.4, 0.5) is 4.79 Å². The van der Waals surface area contributed by atoms with Gasteiger partial charge in [0.05, 0.1) is 0 Å². The average molecular weight is 228 g/mol. The summed E-state index contributed by atoms with van der Waals surface area (Å²) >= 11 is 0. The molecule has 1 aliphatic carbocycles. The van der Waals surface area contributed by atoms with Crippen LogP contribution in [0.3, 0.4) is 0 Å². The highest BCUT2D eigenvalue weighted by atomic mass is 16.4. The first-order valence-corrected chi connectivity index (χ1v) is 5.78. The number of hydrogen-bond acceptors (Lipinski definition) is 2. The van der Waals surface area contributed by atoms with E-state index in [2.05, 4.69) is 10.6 Å². The monoisotopic (exact) mass is 228 g/mol. The number of rotatable bonds is 4. The number of aliphatic carboxylic acids is 1. The minimum absolute atomic E-state index is 0.166. The molecule has 16 heavy (non-hydrogen) atoms. The van der Waals surface area contributed by atoms with Crippen LogP contribution in [0.5, 0.6) is 0 Å². The van der Waals surface area contributed by atoms with Gasteiger partial charge in [0.25, 0.3) is 0 Å². The predicted molar refractivity (Wildman–Crippen MR) is 60.3 cm³/mol. The summed E-state index contributed by atoms with van der Waals surface area (Å²) in [5, 5.41) is 14.1.